The van der Waals surface area contributed by atoms with Gasteiger partial charge in [0.25, 0.3) is 15.0 Å². The van der Waals surface area contributed by atoms with Gasteiger partial charge in [0.2, 0.25) is 0 Å². The lowest BCUT2D eigenvalue weighted by Crippen LogP contribution is -2.39. The van der Waals surface area contributed by atoms with Gasteiger partial charge in [-0.3, -0.25) is 4.79 Å². The molecule has 118 valence electrons. The summed E-state index contributed by atoms with van der Waals surface area (Å²) in [5, 5.41) is 2.76. The van der Waals surface area contributed by atoms with Crippen LogP contribution in [0, 0.1) is 5.92 Å². The normalized spacial score (nSPS) is 13.0. The average Bonchev–Trinajstić information content (AvgIpc) is 2.35. The third-order valence-corrected chi connectivity index (χ3v) is 4.75. The van der Waals surface area contributed by atoms with E-state index in [2.05, 4.69) is 21.2 Å². The van der Waals surface area contributed by atoms with E-state index in [9.17, 15) is 13.2 Å². The highest BCUT2D eigenvalue weighted by Crippen LogP contribution is 2.29. The Morgan fingerprint density at radius 2 is 2.00 bits per heavy atom. The number of benzene rings is 1. The van der Waals surface area contributed by atoms with E-state index in [0.29, 0.717) is 10.4 Å². The van der Waals surface area contributed by atoms with Crippen molar-refractivity contribution in [1.29, 1.82) is 0 Å². The predicted octanol–water partition coefficient (Wildman–Crippen LogP) is 2.92. The first-order chi connectivity index (χ1) is 9.61. The van der Waals surface area contributed by atoms with Gasteiger partial charge in [-0.05, 0) is 31.0 Å². The fourth-order valence-electron chi connectivity index (χ4n) is 1.40. The van der Waals surface area contributed by atoms with E-state index in [1.165, 1.54) is 12.1 Å². The zero-order valence-corrected chi connectivity index (χ0v) is 15.0. The molecule has 0 saturated carbocycles. The maximum absolute atomic E-state index is 11.7. The SMILES string of the molecule is CC(C)C(C)NC(=O)COc1ccc(Br)cc1S(=O)(=O)Cl. The molecule has 0 saturated heterocycles. The minimum absolute atomic E-state index is 0.00208. The number of nitrogens with one attached hydrogen (secondary N) is 1. The van der Waals surface area contributed by atoms with Crippen molar-refractivity contribution in [3.8, 4) is 5.75 Å². The minimum Gasteiger partial charge on any atom is -0.482 e. The topological polar surface area (TPSA) is 72.5 Å². The summed E-state index contributed by atoms with van der Waals surface area (Å²) in [6.45, 7) is 5.58. The largest absolute Gasteiger partial charge is 0.482 e. The molecule has 0 aliphatic carbocycles. The summed E-state index contributed by atoms with van der Waals surface area (Å²) >= 11 is 3.16. The number of carbonyl (C=O) groups is 1. The fourth-order valence-corrected chi connectivity index (χ4v) is 2.91. The number of halogens is 2. The van der Waals surface area contributed by atoms with Gasteiger partial charge in [-0.15, -0.1) is 0 Å². The van der Waals surface area contributed by atoms with Crippen LogP contribution in [-0.4, -0.2) is 27.0 Å². The van der Waals surface area contributed by atoms with Crippen LogP contribution in [0.15, 0.2) is 27.6 Å². The summed E-state index contributed by atoms with van der Waals surface area (Å²) in [6.07, 6.45) is 0. The smallest absolute Gasteiger partial charge is 0.265 e. The van der Waals surface area contributed by atoms with Gasteiger partial charge in [0.05, 0.1) is 0 Å². The van der Waals surface area contributed by atoms with Crippen molar-refractivity contribution in [3.63, 3.8) is 0 Å². The molecule has 1 aromatic rings. The standard InChI is InChI=1S/C13H17BrClNO4S/c1-8(2)9(3)16-13(17)7-20-11-5-4-10(14)6-12(11)21(15,18)19/h4-6,8-9H,7H2,1-3H3,(H,16,17). The van der Waals surface area contributed by atoms with Crippen LogP contribution in [0.1, 0.15) is 20.8 Å². The average molecular weight is 399 g/mol. The van der Waals surface area contributed by atoms with Gasteiger partial charge in [-0.1, -0.05) is 29.8 Å². The van der Waals surface area contributed by atoms with Crippen molar-refractivity contribution < 1.29 is 17.9 Å². The van der Waals surface area contributed by atoms with Crippen molar-refractivity contribution >= 4 is 41.6 Å². The number of rotatable bonds is 6. The number of hydrogen-bond acceptors (Lipinski definition) is 4. The van der Waals surface area contributed by atoms with E-state index < -0.39 is 9.05 Å². The van der Waals surface area contributed by atoms with Crippen molar-refractivity contribution in [2.75, 3.05) is 6.61 Å². The molecule has 8 heteroatoms. The van der Waals surface area contributed by atoms with Crippen LogP contribution in [-0.2, 0) is 13.8 Å². The molecule has 1 N–H and O–H groups in total. The molecule has 1 amide bonds. The number of hydrogen-bond donors (Lipinski definition) is 1. The lowest BCUT2D eigenvalue weighted by atomic mass is 10.1. The molecule has 1 aromatic carbocycles. The summed E-state index contributed by atoms with van der Waals surface area (Å²) in [5.41, 5.74) is 0. The molecule has 21 heavy (non-hydrogen) atoms. The molecular formula is C13H17BrClNO4S. The predicted molar refractivity (Wildman–Crippen MR) is 85.1 cm³/mol. The van der Waals surface area contributed by atoms with Crippen LogP contribution in [0.25, 0.3) is 0 Å². The second-order valence-corrected chi connectivity index (χ2v) is 8.37. The van der Waals surface area contributed by atoms with Gasteiger partial charge in [0, 0.05) is 21.2 Å². The molecule has 0 aliphatic heterocycles. The lowest BCUT2D eigenvalue weighted by molar-refractivity contribution is -0.124. The maximum atomic E-state index is 11.7. The second kappa shape index (κ2) is 7.47. The Bertz CT molecular complexity index is 619. The van der Waals surface area contributed by atoms with Crippen molar-refractivity contribution in [3.05, 3.63) is 22.7 Å². The highest BCUT2D eigenvalue weighted by atomic mass is 79.9. The maximum Gasteiger partial charge on any atom is 0.265 e. The lowest BCUT2D eigenvalue weighted by Gasteiger charge is -2.17. The highest BCUT2D eigenvalue weighted by molar-refractivity contribution is 9.10. The van der Waals surface area contributed by atoms with Crippen molar-refractivity contribution in [2.24, 2.45) is 5.92 Å². The second-order valence-electron chi connectivity index (χ2n) is 4.92. The van der Waals surface area contributed by atoms with Crippen LogP contribution < -0.4 is 10.1 Å². The molecule has 0 bridgehead atoms. The summed E-state index contributed by atoms with van der Waals surface area (Å²) in [4.78, 5) is 11.6. The third-order valence-electron chi connectivity index (χ3n) is 2.92. The quantitative estimate of drug-likeness (QED) is 0.748. The molecule has 0 fully saturated rings. The Balaban J connectivity index is 2.79. The summed E-state index contributed by atoms with van der Waals surface area (Å²) < 4.78 is 28.8. The first-order valence-corrected chi connectivity index (χ1v) is 9.38. The Morgan fingerprint density at radius 1 is 1.38 bits per heavy atom. The Labute approximate surface area is 137 Å². The van der Waals surface area contributed by atoms with E-state index in [1.807, 2.05) is 20.8 Å². The van der Waals surface area contributed by atoms with Gasteiger partial charge in [0.1, 0.15) is 10.6 Å². The number of amides is 1. The van der Waals surface area contributed by atoms with Crippen LogP contribution in [0.4, 0.5) is 0 Å². The monoisotopic (exact) mass is 397 g/mol. The van der Waals surface area contributed by atoms with Crippen LogP contribution in [0.5, 0.6) is 5.75 Å². The molecule has 0 spiro atoms. The van der Waals surface area contributed by atoms with E-state index >= 15 is 0 Å². The molecule has 5 nitrogen and oxygen atoms in total. The Kier molecular flexibility index (Phi) is 6.49. The first kappa shape index (κ1) is 18.3. The van der Waals surface area contributed by atoms with Gasteiger partial charge < -0.3 is 10.1 Å². The molecule has 0 aromatic heterocycles. The first-order valence-electron chi connectivity index (χ1n) is 6.27. The van der Waals surface area contributed by atoms with Gasteiger partial charge in [0.15, 0.2) is 6.61 Å². The number of ether oxygens (including phenoxy) is 1. The number of carbonyl (C=O) groups excluding carboxylic acids is 1. The Hall–Kier alpha value is -0.790. The molecule has 1 rings (SSSR count). The summed E-state index contributed by atoms with van der Waals surface area (Å²) in [6, 6.07) is 4.38. The molecule has 1 atom stereocenters. The Morgan fingerprint density at radius 3 is 2.52 bits per heavy atom. The fraction of sp³-hybridized carbons (Fsp3) is 0.462. The van der Waals surface area contributed by atoms with E-state index in [4.69, 9.17) is 15.4 Å². The summed E-state index contributed by atoms with van der Waals surface area (Å²) in [5.74, 6) is 0.0120. The van der Waals surface area contributed by atoms with E-state index in [1.54, 1.807) is 6.07 Å². The van der Waals surface area contributed by atoms with Crippen LogP contribution in [0.2, 0.25) is 0 Å². The van der Waals surface area contributed by atoms with Crippen LogP contribution in [0.3, 0.4) is 0 Å². The van der Waals surface area contributed by atoms with E-state index in [-0.39, 0.29) is 29.2 Å². The third kappa shape index (κ3) is 5.84. The molecule has 0 aliphatic rings. The minimum atomic E-state index is -3.95. The van der Waals surface area contributed by atoms with Gasteiger partial charge in [-0.2, -0.15) is 0 Å². The zero-order valence-electron chi connectivity index (χ0n) is 11.9. The van der Waals surface area contributed by atoms with Gasteiger partial charge in [-0.25, -0.2) is 8.42 Å². The molecule has 0 heterocycles. The molecular weight excluding hydrogens is 382 g/mol. The highest BCUT2D eigenvalue weighted by Gasteiger charge is 2.19. The van der Waals surface area contributed by atoms with Crippen molar-refractivity contribution in [1.82, 2.24) is 5.32 Å². The van der Waals surface area contributed by atoms with Crippen molar-refractivity contribution in [2.45, 2.75) is 31.7 Å². The van der Waals surface area contributed by atoms with Crippen LogP contribution >= 0.6 is 26.6 Å². The summed E-state index contributed by atoms with van der Waals surface area (Å²) in [7, 11) is 1.39. The molecule has 1 unspecified atom stereocenters. The molecule has 0 radical (unpaired) electrons. The van der Waals surface area contributed by atoms with E-state index in [0.717, 1.165) is 0 Å². The zero-order chi connectivity index (χ0) is 16.2. The van der Waals surface area contributed by atoms with Gasteiger partial charge >= 0.3 is 0 Å².